The van der Waals surface area contributed by atoms with Gasteiger partial charge in [0.15, 0.2) is 15.6 Å². The quantitative estimate of drug-likeness (QED) is 0.376. The summed E-state index contributed by atoms with van der Waals surface area (Å²) >= 11 is 0. The van der Waals surface area contributed by atoms with Gasteiger partial charge in [0.1, 0.15) is 17.3 Å². The van der Waals surface area contributed by atoms with E-state index in [9.17, 15) is 8.42 Å². The van der Waals surface area contributed by atoms with Gasteiger partial charge in [-0.3, -0.25) is 0 Å². The topological polar surface area (TPSA) is 95.4 Å². The van der Waals surface area contributed by atoms with Crippen molar-refractivity contribution in [3.8, 4) is 28.8 Å². The van der Waals surface area contributed by atoms with Crippen molar-refractivity contribution >= 4 is 9.84 Å². The second kappa shape index (κ2) is 8.63. The minimum absolute atomic E-state index is 0.164. The maximum Gasteiger partial charge on any atom is 0.293 e. The Morgan fingerprint density at radius 2 is 1.72 bits per heavy atom. The fourth-order valence-electron chi connectivity index (χ4n) is 3.47. The summed E-state index contributed by atoms with van der Waals surface area (Å²) in [4.78, 5) is 4.71. The van der Waals surface area contributed by atoms with Crippen LogP contribution >= 0.6 is 0 Å². The first-order valence-corrected chi connectivity index (χ1v) is 11.9. The molecule has 0 unspecified atom stereocenters. The van der Waals surface area contributed by atoms with Crippen LogP contribution in [0.5, 0.6) is 5.75 Å². The summed E-state index contributed by atoms with van der Waals surface area (Å²) < 4.78 is 42.7. The minimum atomic E-state index is -3.58. The number of para-hydroxylation sites is 1. The van der Waals surface area contributed by atoms with Crippen LogP contribution < -0.4 is 4.74 Å². The standard InChI is InChI=1S/C24H24N2O5S/c1-5-29-20-9-7-6-8-19(20)23-25-24(31-26-23)21-11-10-18(30-21)14-32(27,28)22-13-16(3)15(2)12-17(22)4/h6-13H,5,14H2,1-4H3. The molecule has 0 spiro atoms. The highest BCUT2D eigenvalue weighted by molar-refractivity contribution is 7.90. The number of ether oxygens (including phenoxy) is 1. The molecule has 0 aliphatic rings. The van der Waals surface area contributed by atoms with Gasteiger partial charge in [-0.25, -0.2) is 8.42 Å². The Labute approximate surface area is 187 Å². The molecule has 0 N–H and O–H groups in total. The average Bonchev–Trinajstić information content (AvgIpc) is 3.40. The molecular formula is C24H24N2O5S. The molecule has 0 saturated heterocycles. The maximum atomic E-state index is 13.0. The van der Waals surface area contributed by atoms with Crippen molar-refractivity contribution in [3.63, 3.8) is 0 Å². The zero-order valence-electron chi connectivity index (χ0n) is 18.4. The van der Waals surface area contributed by atoms with Gasteiger partial charge in [-0.15, -0.1) is 0 Å². The van der Waals surface area contributed by atoms with Crippen molar-refractivity contribution in [1.29, 1.82) is 0 Å². The summed E-state index contributed by atoms with van der Waals surface area (Å²) in [6.07, 6.45) is 0. The molecule has 0 bridgehead atoms. The molecule has 2 aromatic carbocycles. The smallest absolute Gasteiger partial charge is 0.293 e. The number of aromatic nitrogens is 2. The average molecular weight is 453 g/mol. The van der Waals surface area contributed by atoms with Gasteiger partial charge in [-0.05, 0) is 74.7 Å². The van der Waals surface area contributed by atoms with Crippen molar-refractivity contribution < 1.29 is 22.1 Å². The molecule has 0 amide bonds. The number of aryl methyl sites for hydroxylation is 3. The number of furan rings is 1. The van der Waals surface area contributed by atoms with Crippen LogP contribution in [-0.4, -0.2) is 25.2 Å². The van der Waals surface area contributed by atoms with E-state index in [4.69, 9.17) is 13.7 Å². The lowest BCUT2D eigenvalue weighted by molar-refractivity contribution is 0.341. The number of hydrogen-bond acceptors (Lipinski definition) is 7. The van der Waals surface area contributed by atoms with Crippen LogP contribution in [0.1, 0.15) is 29.4 Å². The molecule has 0 aliphatic heterocycles. The molecule has 166 valence electrons. The van der Waals surface area contributed by atoms with E-state index in [0.29, 0.717) is 40.2 Å². The normalized spacial score (nSPS) is 11.6. The number of rotatable bonds is 7. The van der Waals surface area contributed by atoms with Gasteiger partial charge in [-0.1, -0.05) is 23.4 Å². The Morgan fingerprint density at radius 1 is 0.969 bits per heavy atom. The van der Waals surface area contributed by atoms with Crippen molar-refractivity contribution in [2.75, 3.05) is 6.61 Å². The Balaban J connectivity index is 1.59. The largest absolute Gasteiger partial charge is 0.493 e. The van der Waals surface area contributed by atoms with E-state index in [1.54, 1.807) is 25.1 Å². The lowest BCUT2D eigenvalue weighted by Crippen LogP contribution is -2.07. The first-order valence-electron chi connectivity index (χ1n) is 10.2. The van der Waals surface area contributed by atoms with E-state index in [0.717, 1.165) is 16.7 Å². The Hall–Kier alpha value is -3.39. The zero-order valence-corrected chi connectivity index (χ0v) is 19.2. The van der Waals surface area contributed by atoms with Crippen LogP contribution in [0.4, 0.5) is 0 Å². The first-order chi connectivity index (χ1) is 15.3. The molecule has 2 heterocycles. The highest BCUT2D eigenvalue weighted by atomic mass is 32.2. The van der Waals surface area contributed by atoms with Gasteiger partial charge in [0.25, 0.3) is 5.89 Å². The summed E-state index contributed by atoms with van der Waals surface area (Å²) in [6, 6.07) is 14.2. The highest BCUT2D eigenvalue weighted by Gasteiger charge is 2.22. The maximum absolute atomic E-state index is 13.0. The van der Waals surface area contributed by atoms with Gasteiger partial charge < -0.3 is 13.7 Å². The third-order valence-corrected chi connectivity index (χ3v) is 6.96. The summed E-state index contributed by atoms with van der Waals surface area (Å²) in [7, 11) is -3.58. The number of sulfone groups is 1. The Bertz CT molecular complexity index is 1370. The van der Waals surface area contributed by atoms with E-state index in [-0.39, 0.29) is 11.6 Å². The third-order valence-electron chi connectivity index (χ3n) is 5.18. The van der Waals surface area contributed by atoms with E-state index >= 15 is 0 Å². The van der Waals surface area contributed by atoms with Crippen LogP contribution in [0.3, 0.4) is 0 Å². The predicted octanol–water partition coefficient (Wildman–Crippen LogP) is 5.29. The molecule has 0 radical (unpaired) electrons. The van der Waals surface area contributed by atoms with Crippen LogP contribution in [0.25, 0.3) is 23.0 Å². The van der Waals surface area contributed by atoms with Crippen LogP contribution in [0, 0.1) is 20.8 Å². The van der Waals surface area contributed by atoms with Crippen LogP contribution in [0.2, 0.25) is 0 Å². The van der Waals surface area contributed by atoms with Gasteiger partial charge in [-0.2, -0.15) is 4.98 Å². The molecule has 7 nitrogen and oxygen atoms in total. The van der Waals surface area contributed by atoms with Crippen molar-refractivity contribution in [1.82, 2.24) is 10.1 Å². The summed E-state index contributed by atoms with van der Waals surface area (Å²) in [5.74, 6) is 1.52. The van der Waals surface area contributed by atoms with Crippen molar-refractivity contribution in [3.05, 3.63) is 71.0 Å². The second-order valence-electron chi connectivity index (χ2n) is 7.58. The van der Waals surface area contributed by atoms with E-state index in [1.165, 1.54) is 0 Å². The lowest BCUT2D eigenvalue weighted by Gasteiger charge is -2.10. The molecule has 0 saturated carbocycles. The van der Waals surface area contributed by atoms with Gasteiger partial charge in [0, 0.05) is 0 Å². The van der Waals surface area contributed by atoms with Crippen LogP contribution in [-0.2, 0) is 15.6 Å². The van der Waals surface area contributed by atoms with Crippen molar-refractivity contribution in [2.45, 2.75) is 38.3 Å². The fraction of sp³-hybridized carbons (Fsp3) is 0.250. The predicted molar refractivity (Wildman–Crippen MR) is 120 cm³/mol. The summed E-state index contributed by atoms with van der Waals surface area (Å²) in [5.41, 5.74) is 3.40. The summed E-state index contributed by atoms with van der Waals surface area (Å²) in [6.45, 7) is 8.07. The highest BCUT2D eigenvalue weighted by Crippen LogP contribution is 2.31. The Morgan fingerprint density at radius 3 is 2.50 bits per heavy atom. The molecule has 0 atom stereocenters. The molecule has 32 heavy (non-hydrogen) atoms. The number of nitrogens with zero attached hydrogens (tertiary/aromatic N) is 2. The number of hydrogen-bond donors (Lipinski definition) is 0. The van der Waals surface area contributed by atoms with Gasteiger partial charge >= 0.3 is 0 Å². The first kappa shape index (κ1) is 21.8. The van der Waals surface area contributed by atoms with Crippen LogP contribution in [0.15, 0.2) is 62.4 Å². The fourth-order valence-corrected chi connectivity index (χ4v) is 5.06. The van der Waals surface area contributed by atoms with Gasteiger partial charge in [0.05, 0.1) is 17.1 Å². The zero-order chi connectivity index (χ0) is 22.9. The van der Waals surface area contributed by atoms with E-state index < -0.39 is 9.84 Å². The minimum Gasteiger partial charge on any atom is -0.493 e. The molecule has 0 fully saturated rings. The van der Waals surface area contributed by atoms with E-state index in [1.807, 2.05) is 51.1 Å². The van der Waals surface area contributed by atoms with Gasteiger partial charge in [0.2, 0.25) is 5.82 Å². The van der Waals surface area contributed by atoms with E-state index in [2.05, 4.69) is 10.1 Å². The molecule has 4 rings (SSSR count). The SMILES string of the molecule is CCOc1ccccc1-c1noc(-c2ccc(CS(=O)(=O)c3cc(C)c(C)cc3C)o2)n1. The lowest BCUT2D eigenvalue weighted by atomic mass is 10.1. The molecular weight excluding hydrogens is 428 g/mol. The Kier molecular flexibility index (Phi) is 5.88. The second-order valence-corrected chi connectivity index (χ2v) is 9.54. The molecule has 4 aromatic rings. The molecule has 0 aliphatic carbocycles. The summed E-state index contributed by atoms with van der Waals surface area (Å²) in [5, 5.41) is 4.02. The molecule has 8 heteroatoms. The number of benzene rings is 2. The molecule has 2 aromatic heterocycles. The third kappa shape index (κ3) is 4.31. The van der Waals surface area contributed by atoms with Crippen molar-refractivity contribution in [2.24, 2.45) is 0 Å². The monoisotopic (exact) mass is 452 g/mol.